The van der Waals surface area contributed by atoms with Crippen molar-refractivity contribution in [1.29, 1.82) is 5.26 Å². The molecule has 2 saturated heterocycles. The molecule has 2 aliphatic rings. The van der Waals surface area contributed by atoms with E-state index in [1.807, 2.05) is 59.9 Å². The van der Waals surface area contributed by atoms with Crippen molar-refractivity contribution in [2.45, 2.75) is 32.4 Å². The van der Waals surface area contributed by atoms with Crippen LogP contribution >= 0.6 is 22.7 Å². The summed E-state index contributed by atoms with van der Waals surface area (Å²) in [6.07, 6.45) is 0.199. The first-order chi connectivity index (χ1) is 21.2. The molecule has 230 valence electrons. The number of anilines is 3. The summed E-state index contributed by atoms with van der Waals surface area (Å²) in [7, 11) is 3.25. The van der Waals surface area contributed by atoms with E-state index in [0.717, 1.165) is 22.6 Å². The molecule has 6 rings (SSSR count). The lowest BCUT2D eigenvalue weighted by molar-refractivity contribution is -0.150. The van der Waals surface area contributed by atoms with Crippen LogP contribution in [0.5, 0.6) is 0 Å². The predicted octanol–water partition coefficient (Wildman–Crippen LogP) is 2.29. The third-order valence-electron chi connectivity index (χ3n) is 8.01. The van der Waals surface area contributed by atoms with E-state index in [2.05, 4.69) is 6.07 Å². The molecule has 15 heteroatoms. The summed E-state index contributed by atoms with van der Waals surface area (Å²) in [5, 5.41) is 25.7. The number of amides is 1. The Morgan fingerprint density at radius 1 is 1.16 bits per heavy atom. The van der Waals surface area contributed by atoms with Gasteiger partial charge in [0.1, 0.15) is 22.7 Å². The number of aliphatic hydroxyl groups excluding tert-OH is 1. The maximum Gasteiger partial charge on any atom is 0.324 e. The van der Waals surface area contributed by atoms with Crippen molar-refractivity contribution in [3.05, 3.63) is 40.4 Å². The summed E-state index contributed by atoms with van der Waals surface area (Å²) in [5.74, 6) is 0.240. The number of methoxy groups -OCH3 is 1. The number of benzene rings is 1. The standard InChI is InChI=1S/C29H33N9O4S2/c1-5-20-25(34(3)27-32-24(22(12-30)43-27)18-8-6-17(2)7-9-18)38-28(31-20)44-29(33-38)36-11-10-35(21(15-36)26(41)42-4)16-23(40)37-13-19(39)14-37/h6-9,19,21,39H,5,10-11,13-16H2,1-4H3/t21-/m0/s1. The third-order valence-corrected chi connectivity index (χ3v) is 10.0. The molecule has 0 unspecified atom stereocenters. The van der Waals surface area contributed by atoms with Crippen LogP contribution in [0.4, 0.5) is 16.1 Å². The quantitative estimate of drug-likeness (QED) is 0.285. The molecule has 0 bridgehead atoms. The number of aryl methyl sites for hydroxylation is 2. The van der Waals surface area contributed by atoms with E-state index < -0.39 is 18.1 Å². The molecule has 3 aromatic heterocycles. The number of thiazole rings is 1. The van der Waals surface area contributed by atoms with Gasteiger partial charge in [0, 0.05) is 45.3 Å². The smallest absolute Gasteiger partial charge is 0.324 e. The van der Waals surface area contributed by atoms with E-state index in [1.54, 1.807) is 9.42 Å². The van der Waals surface area contributed by atoms with Gasteiger partial charge in [-0.25, -0.2) is 9.97 Å². The fourth-order valence-corrected chi connectivity index (χ4v) is 7.27. The van der Waals surface area contributed by atoms with Crippen LogP contribution in [-0.2, 0) is 20.7 Å². The van der Waals surface area contributed by atoms with Gasteiger partial charge in [0.05, 0.1) is 25.5 Å². The first kappa shape index (κ1) is 29.9. The number of piperazine rings is 1. The predicted molar refractivity (Wildman–Crippen MR) is 167 cm³/mol. The van der Waals surface area contributed by atoms with E-state index in [-0.39, 0.29) is 12.5 Å². The number of esters is 1. The van der Waals surface area contributed by atoms with Crippen molar-refractivity contribution in [3.63, 3.8) is 0 Å². The average Bonchev–Trinajstić information content (AvgIpc) is 3.72. The zero-order valence-corrected chi connectivity index (χ0v) is 26.6. The first-order valence-electron chi connectivity index (χ1n) is 14.3. The molecule has 0 aliphatic carbocycles. The molecule has 0 spiro atoms. The summed E-state index contributed by atoms with van der Waals surface area (Å²) >= 11 is 2.75. The van der Waals surface area contributed by atoms with Gasteiger partial charge < -0.3 is 24.5 Å². The minimum Gasteiger partial charge on any atom is -0.468 e. The summed E-state index contributed by atoms with van der Waals surface area (Å²) in [5.41, 5.74) is 3.52. The number of aliphatic hydroxyl groups is 1. The van der Waals surface area contributed by atoms with Crippen molar-refractivity contribution in [2.75, 3.05) is 63.2 Å². The minimum absolute atomic E-state index is 0.0827. The van der Waals surface area contributed by atoms with Gasteiger partial charge in [-0.2, -0.15) is 9.78 Å². The van der Waals surface area contributed by atoms with Gasteiger partial charge in [-0.1, -0.05) is 59.4 Å². The number of hydrogen-bond acceptors (Lipinski definition) is 13. The number of carbonyl (C=O) groups is 2. The molecule has 13 nitrogen and oxygen atoms in total. The number of hydrogen-bond donors (Lipinski definition) is 1. The fourth-order valence-electron chi connectivity index (χ4n) is 5.47. The maximum absolute atomic E-state index is 12.8. The maximum atomic E-state index is 12.8. The lowest BCUT2D eigenvalue weighted by Gasteiger charge is -2.42. The lowest BCUT2D eigenvalue weighted by Crippen LogP contribution is -2.61. The van der Waals surface area contributed by atoms with Crippen molar-refractivity contribution >= 4 is 55.6 Å². The van der Waals surface area contributed by atoms with Crippen molar-refractivity contribution in [3.8, 4) is 17.3 Å². The number of nitrogens with zero attached hydrogens (tertiary/aromatic N) is 9. The molecular formula is C29H33N9O4S2. The Bertz CT molecular complexity index is 1740. The van der Waals surface area contributed by atoms with Gasteiger partial charge in [-0.15, -0.1) is 5.10 Å². The van der Waals surface area contributed by atoms with Crippen LogP contribution in [0.25, 0.3) is 16.2 Å². The monoisotopic (exact) mass is 635 g/mol. The van der Waals surface area contributed by atoms with E-state index in [1.165, 1.54) is 29.8 Å². The fraction of sp³-hybridized carbons (Fsp3) is 0.448. The molecule has 1 N–H and O–H groups in total. The highest BCUT2D eigenvalue weighted by Gasteiger charge is 2.38. The summed E-state index contributed by atoms with van der Waals surface area (Å²) < 4.78 is 6.90. The molecule has 1 atom stereocenters. The topological polar surface area (TPSA) is 143 Å². The second kappa shape index (κ2) is 12.1. The number of imidazole rings is 1. The summed E-state index contributed by atoms with van der Waals surface area (Å²) in [4.78, 5) is 43.8. The van der Waals surface area contributed by atoms with Crippen molar-refractivity contribution in [2.24, 2.45) is 0 Å². The van der Waals surface area contributed by atoms with Crippen LogP contribution in [0, 0.1) is 18.3 Å². The van der Waals surface area contributed by atoms with Gasteiger partial charge in [0.2, 0.25) is 16.0 Å². The Hall–Kier alpha value is -4.10. The zero-order valence-electron chi connectivity index (χ0n) is 24.9. The van der Waals surface area contributed by atoms with Gasteiger partial charge in [0.25, 0.3) is 0 Å². The van der Waals surface area contributed by atoms with Crippen molar-refractivity contribution in [1.82, 2.24) is 29.4 Å². The number of β-amino-alcohol motifs (C(OH)–C–C–N with tert-alkyl or cyclic N) is 1. The SMILES string of the molecule is CCc1nc2sc(N3CCN(CC(=O)N4CC(O)C4)[C@H](C(=O)OC)C3)nn2c1N(C)c1nc(-c2ccc(C)cc2)c(C#N)s1. The number of nitriles is 1. The molecule has 2 fully saturated rings. The Kier molecular flexibility index (Phi) is 8.25. The second-order valence-corrected chi connectivity index (χ2v) is 12.8. The van der Waals surface area contributed by atoms with Crippen LogP contribution < -0.4 is 9.80 Å². The largest absolute Gasteiger partial charge is 0.468 e. The lowest BCUT2D eigenvalue weighted by atomic mass is 10.1. The van der Waals surface area contributed by atoms with Gasteiger partial charge in [0.15, 0.2) is 10.9 Å². The van der Waals surface area contributed by atoms with Gasteiger partial charge >= 0.3 is 5.97 Å². The molecule has 0 saturated carbocycles. The molecule has 0 radical (unpaired) electrons. The molecular weight excluding hydrogens is 603 g/mol. The third kappa shape index (κ3) is 5.50. The van der Waals surface area contributed by atoms with Crippen LogP contribution in [0.1, 0.15) is 23.1 Å². The number of ether oxygens (including phenoxy) is 1. The van der Waals surface area contributed by atoms with Crippen molar-refractivity contribution < 1.29 is 19.4 Å². The Labute approximate surface area is 262 Å². The summed E-state index contributed by atoms with van der Waals surface area (Å²) in [6, 6.07) is 9.62. The number of rotatable bonds is 8. The number of carbonyl (C=O) groups excluding carboxylic acids is 2. The van der Waals surface area contributed by atoms with E-state index in [4.69, 9.17) is 19.8 Å². The highest BCUT2D eigenvalue weighted by atomic mass is 32.1. The minimum atomic E-state index is -0.645. The molecule has 1 aromatic carbocycles. The second-order valence-electron chi connectivity index (χ2n) is 10.9. The Balaban J connectivity index is 1.26. The van der Waals surface area contributed by atoms with Crippen LogP contribution in [0.15, 0.2) is 24.3 Å². The number of aromatic nitrogens is 4. The Morgan fingerprint density at radius 2 is 1.91 bits per heavy atom. The van der Waals surface area contributed by atoms with E-state index >= 15 is 0 Å². The van der Waals surface area contributed by atoms with Gasteiger partial charge in [-0.05, 0) is 13.3 Å². The average molecular weight is 636 g/mol. The molecule has 4 aromatic rings. The number of fused-ring (bicyclic) bond motifs is 1. The van der Waals surface area contributed by atoms with Crippen LogP contribution in [0.3, 0.4) is 0 Å². The molecule has 5 heterocycles. The highest BCUT2D eigenvalue weighted by Crippen LogP contribution is 2.38. The summed E-state index contributed by atoms with van der Waals surface area (Å²) in [6.45, 7) is 6.12. The number of likely N-dealkylation sites (tertiary alicyclic amines) is 1. The molecule has 1 amide bonds. The first-order valence-corrected chi connectivity index (χ1v) is 16.0. The van der Waals surface area contributed by atoms with Crippen LogP contribution in [-0.4, -0.2) is 112 Å². The van der Waals surface area contributed by atoms with E-state index in [0.29, 0.717) is 64.9 Å². The molecule has 44 heavy (non-hydrogen) atoms. The Morgan fingerprint density at radius 3 is 2.57 bits per heavy atom. The highest BCUT2D eigenvalue weighted by molar-refractivity contribution is 7.20. The van der Waals surface area contributed by atoms with E-state index in [9.17, 15) is 20.0 Å². The van der Waals surface area contributed by atoms with Gasteiger partial charge in [-0.3, -0.25) is 14.5 Å². The normalized spacial score (nSPS) is 17.5. The van der Waals surface area contributed by atoms with Crippen LogP contribution in [0.2, 0.25) is 0 Å². The zero-order chi connectivity index (χ0) is 31.1. The molecule has 2 aliphatic heterocycles.